The van der Waals surface area contributed by atoms with E-state index in [4.69, 9.17) is 36.0 Å². The maximum Gasteiger partial charge on any atom is 0.271 e. The number of nitrogens with zero attached hydrogens (tertiary/aromatic N) is 3. The normalized spacial score (nSPS) is 16.4. The fourth-order valence-corrected chi connectivity index (χ4v) is 5.44. The van der Waals surface area contributed by atoms with Gasteiger partial charge in [-0.05, 0) is 63.6 Å². The lowest BCUT2D eigenvalue weighted by Crippen LogP contribution is -2.51. The van der Waals surface area contributed by atoms with Gasteiger partial charge in [-0.2, -0.15) is 0 Å². The van der Waals surface area contributed by atoms with Crippen LogP contribution in [0.1, 0.15) is 26.2 Å². The molecule has 43 heavy (non-hydrogen) atoms. The number of hydrogen-bond acceptors (Lipinski definition) is 10. The summed E-state index contributed by atoms with van der Waals surface area (Å²) >= 11 is 6.46. The molecule has 2 saturated heterocycles. The molecule has 1 amide bonds. The molecule has 11 nitrogen and oxygen atoms in total. The first-order valence-electron chi connectivity index (χ1n) is 14.3. The number of ether oxygens (including phenoxy) is 4. The van der Waals surface area contributed by atoms with E-state index in [-0.39, 0.29) is 16.4 Å². The minimum Gasteiger partial charge on any atom is -0.493 e. The van der Waals surface area contributed by atoms with Gasteiger partial charge < -0.3 is 39.9 Å². The van der Waals surface area contributed by atoms with Crippen LogP contribution in [0.25, 0.3) is 10.9 Å². The summed E-state index contributed by atoms with van der Waals surface area (Å²) in [6.45, 7) is 7.22. The SMILES string of the molecule is CN/C(=C\C(C)=N)C(=O)Nc1ccc(Oc2ncnc3cc(OCCCN4CCC5(CC4)COC5)c(OC)cc23)cc1Cl. The number of carbonyl (C=O) groups is 1. The average Bonchev–Trinajstić information content (AvgIpc) is 2.98. The smallest absolute Gasteiger partial charge is 0.271 e. The summed E-state index contributed by atoms with van der Waals surface area (Å²) in [4.78, 5) is 23.8. The quantitative estimate of drug-likeness (QED) is 0.147. The molecule has 0 aliphatic carbocycles. The summed E-state index contributed by atoms with van der Waals surface area (Å²) in [5, 5.41) is 14.0. The van der Waals surface area contributed by atoms with E-state index in [1.807, 2.05) is 6.07 Å². The van der Waals surface area contributed by atoms with Crippen molar-refractivity contribution in [3.63, 3.8) is 0 Å². The Kier molecular flexibility index (Phi) is 9.64. The van der Waals surface area contributed by atoms with Gasteiger partial charge in [0.05, 0.1) is 48.5 Å². The van der Waals surface area contributed by atoms with Gasteiger partial charge in [0.15, 0.2) is 11.5 Å². The first-order valence-corrected chi connectivity index (χ1v) is 14.7. The molecule has 0 bridgehead atoms. The van der Waals surface area contributed by atoms with Crippen LogP contribution in [-0.4, -0.2) is 80.1 Å². The van der Waals surface area contributed by atoms with Crippen LogP contribution in [0.2, 0.25) is 5.02 Å². The summed E-state index contributed by atoms with van der Waals surface area (Å²) in [5.74, 6) is 1.50. The Morgan fingerprint density at radius 2 is 1.98 bits per heavy atom. The number of aromatic nitrogens is 2. The lowest BCUT2D eigenvalue weighted by Gasteiger charge is -2.47. The summed E-state index contributed by atoms with van der Waals surface area (Å²) in [7, 11) is 3.20. The third kappa shape index (κ3) is 7.35. The number of anilines is 1. The fourth-order valence-electron chi connectivity index (χ4n) is 5.22. The second kappa shape index (κ2) is 13.6. The second-order valence-electron chi connectivity index (χ2n) is 10.9. The number of fused-ring (bicyclic) bond motifs is 1. The predicted molar refractivity (Wildman–Crippen MR) is 166 cm³/mol. The number of allylic oxidation sites excluding steroid dienone is 1. The molecule has 2 aliphatic rings. The lowest BCUT2D eigenvalue weighted by atomic mass is 9.77. The zero-order valence-corrected chi connectivity index (χ0v) is 25.4. The van der Waals surface area contributed by atoms with Crippen molar-refractivity contribution in [2.24, 2.45) is 5.41 Å². The van der Waals surface area contributed by atoms with E-state index in [2.05, 4.69) is 25.5 Å². The maximum atomic E-state index is 12.6. The standard InChI is InChI=1S/C31H37ClN6O5/c1-20(33)13-26(34-2)29(39)37-24-6-5-21(14-23(24)32)43-30-22-15-27(40-3)28(16-25(22)35-19-36-30)42-12-4-9-38-10-7-31(8-11-38)17-41-18-31/h5-6,13-16,19,33-34H,4,7-12,17-18H2,1-3H3,(H,37,39)/b26-13-,33-20?. The highest BCUT2D eigenvalue weighted by Crippen LogP contribution is 2.39. The molecule has 0 saturated carbocycles. The van der Waals surface area contributed by atoms with Crippen LogP contribution >= 0.6 is 11.6 Å². The topological polar surface area (TPSA) is 131 Å². The van der Waals surface area contributed by atoms with Gasteiger partial charge in [-0.1, -0.05) is 11.6 Å². The first kappa shape index (κ1) is 30.5. The maximum absolute atomic E-state index is 12.6. The first-order chi connectivity index (χ1) is 20.8. The summed E-state index contributed by atoms with van der Waals surface area (Å²) in [6.07, 6.45) is 6.20. The van der Waals surface area contributed by atoms with Crippen LogP contribution in [0.4, 0.5) is 5.69 Å². The molecule has 2 aliphatic heterocycles. The van der Waals surface area contributed by atoms with Gasteiger partial charge in [0.25, 0.3) is 5.91 Å². The third-order valence-electron chi connectivity index (χ3n) is 7.77. The Hall–Kier alpha value is -3.93. The average molecular weight is 609 g/mol. The fraction of sp³-hybridized carbons (Fsp3) is 0.419. The minimum atomic E-state index is -0.416. The van der Waals surface area contributed by atoms with E-state index < -0.39 is 5.91 Å². The molecule has 12 heteroatoms. The second-order valence-corrected chi connectivity index (χ2v) is 11.3. The van der Waals surface area contributed by atoms with Crippen molar-refractivity contribution in [3.8, 4) is 23.1 Å². The molecule has 2 aromatic carbocycles. The summed E-state index contributed by atoms with van der Waals surface area (Å²) < 4.78 is 23.3. The third-order valence-corrected chi connectivity index (χ3v) is 8.08. The monoisotopic (exact) mass is 608 g/mol. The number of likely N-dealkylation sites (tertiary alicyclic amines) is 1. The van der Waals surface area contributed by atoms with Crippen LogP contribution < -0.4 is 24.8 Å². The highest BCUT2D eigenvalue weighted by atomic mass is 35.5. The molecule has 3 heterocycles. The van der Waals surface area contributed by atoms with Crippen LogP contribution in [0.5, 0.6) is 23.1 Å². The van der Waals surface area contributed by atoms with Gasteiger partial charge >= 0.3 is 0 Å². The molecular formula is C31H37ClN6O5. The number of rotatable bonds is 12. The Bertz CT molecular complexity index is 1520. The van der Waals surface area contributed by atoms with Crippen molar-refractivity contribution in [1.82, 2.24) is 20.2 Å². The Morgan fingerprint density at radius 1 is 1.19 bits per heavy atom. The van der Waals surface area contributed by atoms with Crippen LogP contribution in [0, 0.1) is 10.8 Å². The molecule has 2 fully saturated rings. The van der Waals surface area contributed by atoms with E-state index >= 15 is 0 Å². The molecule has 3 N–H and O–H groups in total. The van der Waals surface area contributed by atoms with Gasteiger partial charge in [-0.25, -0.2) is 9.97 Å². The zero-order valence-electron chi connectivity index (χ0n) is 24.7. The van der Waals surface area contributed by atoms with Crippen molar-refractivity contribution in [1.29, 1.82) is 5.41 Å². The number of likely N-dealkylation sites (N-methyl/N-ethyl adjacent to an activating group) is 1. The van der Waals surface area contributed by atoms with E-state index in [1.165, 1.54) is 25.2 Å². The number of halogens is 1. The molecule has 5 rings (SSSR count). The molecule has 0 unspecified atom stereocenters. The number of hydrogen-bond donors (Lipinski definition) is 3. The zero-order chi connectivity index (χ0) is 30.4. The summed E-state index contributed by atoms with van der Waals surface area (Å²) in [6, 6.07) is 8.54. The van der Waals surface area contributed by atoms with E-state index in [1.54, 1.807) is 45.3 Å². The Morgan fingerprint density at radius 3 is 2.63 bits per heavy atom. The highest BCUT2D eigenvalue weighted by Gasteiger charge is 2.40. The van der Waals surface area contributed by atoms with Crippen LogP contribution in [-0.2, 0) is 9.53 Å². The highest BCUT2D eigenvalue weighted by molar-refractivity contribution is 6.34. The Balaban J connectivity index is 1.22. The number of piperidine rings is 1. The molecular weight excluding hydrogens is 572 g/mol. The summed E-state index contributed by atoms with van der Waals surface area (Å²) in [5.41, 5.74) is 1.98. The van der Waals surface area contributed by atoms with E-state index in [0.717, 1.165) is 39.3 Å². The van der Waals surface area contributed by atoms with Gasteiger partial charge in [0, 0.05) is 36.9 Å². The largest absolute Gasteiger partial charge is 0.493 e. The molecule has 3 aromatic rings. The number of nitrogens with one attached hydrogen (secondary N) is 3. The molecule has 0 atom stereocenters. The molecule has 0 radical (unpaired) electrons. The predicted octanol–water partition coefficient (Wildman–Crippen LogP) is 5.05. The van der Waals surface area contributed by atoms with Gasteiger partial charge in [0.1, 0.15) is 17.8 Å². The number of carbonyl (C=O) groups excluding carboxylic acids is 1. The lowest BCUT2D eigenvalue weighted by molar-refractivity contribution is -0.139. The van der Waals surface area contributed by atoms with Crippen LogP contribution in [0.3, 0.4) is 0 Å². The molecule has 228 valence electrons. The van der Waals surface area contributed by atoms with Gasteiger partial charge in [0.2, 0.25) is 5.88 Å². The van der Waals surface area contributed by atoms with Crippen molar-refractivity contribution < 1.29 is 23.7 Å². The minimum absolute atomic E-state index is 0.243. The van der Waals surface area contributed by atoms with Crippen molar-refractivity contribution in [2.75, 3.05) is 58.9 Å². The van der Waals surface area contributed by atoms with Crippen molar-refractivity contribution in [2.45, 2.75) is 26.2 Å². The number of methoxy groups -OCH3 is 1. The van der Waals surface area contributed by atoms with E-state index in [9.17, 15) is 4.79 Å². The van der Waals surface area contributed by atoms with Gasteiger partial charge in [-0.15, -0.1) is 0 Å². The Labute approximate surface area is 256 Å². The van der Waals surface area contributed by atoms with E-state index in [0.29, 0.717) is 51.7 Å². The number of amides is 1. The van der Waals surface area contributed by atoms with Crippen LogP contribution in [0.15, 0.2) is 48.4 Å². The van der Waals surface area contributed by atoms with Crippen molar-refractivity contribution >= 4 is 39.8 Å². The molecule has 1 aromatic heterocycles. The van der Waals surface area contributed by atoms with Crippen molar-refractivity contribution in [3.05, 3.63) is 53.5 Å². The van der Waals surface area contributed by atoms with Gasteiger partial charge in [-0.3, -0.25) is 4.79 Å². The number of benzene rings is 2. The molecule has 1 spiro atoms.